The van der Waals surface area contributed by atoms with Gasteiger partial charge in [-0.15, -0.1) is 11.3 Å². The van der Waals surface area contributed by atoms with Gasteiger partial charge in [-0.2, -0.15) is 12.6 Å². The zero-order chi connectivity index (χ0) is 13.7. The van der Waals surface area contributed by atoms with Gasteiger partial charge >= 0.3 is 0 Å². The lowest BCUT2D eigenvalue weighted by atomic mass is 10.2. The maximum atomic E-state index is 5.46. The molecule has 0 fully saturated rings. The molecule has 0 radical (unpaired) electrons. The molecule has 0 atom stereocenters. The first-order valence-corrected chi connectivity index (χ1v) is 8.06. The van der Waals surface area contributed by atoms with Gasteiger partial charge in [0.25, 0.3) is 0 Å². The summed E-state index contributed by atoms with van der Waals surface area (Å²) in [5, 5.41) is 1.08. The number of hydrogen-bond acceptors (Lipinski definition) is 4. The summed E-state index contributed by atoms with van der Waals surface area (Å²) < 4.78 is 5.46. The number of aromatic nitrogens is 1. The predicted molar refractivity (Wildman–Crippen MR) is 85.4 cm³/mol. The average Bonchev–Trinajstić information content (AvgIpc) is 2.84. The van der Waals surface area contributed by atoms with Crippen LogP contribution in [0.1, 0.15) is 30.8 Å². The third-order valence-corrected chi connectivity index (χ3v) is 4.50. The first kappa shape index (κ1) is 14.4. The maximum absolute atomic E-state index is 5.46. The van der Waals surface area contributed by atoms with E-state index >= 15 is 0 Å². The first-order valence-electron chi connectivity index (χ1n) is 6.61. The molecule has 102 valence electrons. The smallest absolute Gasteiger partial charge is 0.123 e. The van der Waals surface area contributed by atoms with Crippen LogP contribution in [0.15, 0.2) is 24.3 Å². The second-order valence-electron chi connectivity index (χ2n) is 4.25. The number of thiazole rings is 1. The van der Waals surface area contributed by atoms with E-state index in [-0.39, 0.29) is 0 Å². The standard InChI is InChI=1S/C15H19NOS2/c1-3-5-13-14(10-18)19-15(16-13)11-6-8-12(9-7-11)17-4-2/h6-9,18H,3-5,10H2,1-2H3. The lowest BCUT2D eigenvalue weighted by Crippen LogP contribution is -1.90. The topological polar surface area (TPSA) is 22.1 Å². The number of ether oxygens (including phenoxy) is 1. The van der Waals surface area contributed by atoms with Gasteiger partial charge in [-0.3, -0.25) is 0 Å². The van der Waals surface area contributed by atoms with E-state index in [0.29, 0.717) is 6.61 Å². The zero-order valence-corrected chi connectivity index (χ0v) is 13.1. The van der Waals surface area contributed by atoms with Crippen molar-refractivity contribution >= 4 is 24.0 Å². The van der Waals surface area contributed by atoms with Crippen molar-refractivity contribution in [3.63, 3.8) is 0 Å². The third-order valence-electron chi connectivity index (χ3n) is 2.82. The molecule has 2 rings (SSSR count). The van der Waals surface area contributed by atoms with Gasteiger partial charge in [-0.25, -0.2) is 4.98 Å². The highest BCUT2D eigenvalue weighted by Gasteiger charge is 2.10. The van der Waals surface area contributed by atoms with Crippen molar-refractivity contribution in [2.75, 3.05) is 6.61 Å². The first-order chi connectivity index (χ1) is 9.28. The van der Waals surface area contributed by atoms with E-state index < -0.39 is 0 Å². The minimum Gasteiger partial charge on any atom is -0.494 e. The number of aryl methyl sites for hydroxylation is 1. The molecule has 0 aliphatic heterocycles. The molecule has 0 amide bonds. The molecule has 2 aromatic rings. The molecular weight excluding hydrogens is 274 g/mol. The lowest BCUT2D eigenvalue weighted by molar-refractivity contribution is 0.340. The lowest BCUT2D eigenvalue weighted by Gasteiger charge is -2.02. The molecule has 2 nitrogen and oxygen atoms in total. The van der Waals surface area contributed by atoms with Gasteiger partial charge in [0.2, 0.25) is 0 Å². The van der Waals surface area contributed by atoms with Crippen LogP contribution in [0.5, 0.6) is 5.75 Å². The molecule has 0 saturated heterocycles. The van der Waals surface area contributed by atoms with Crippen LogP contribution in [-0.4, -0.2) is 11.6 Å². The second kappa shape index (κ2) is 6.96. The average molecular weight is 293 g/mol. The fourth-order valence-electron chi connectivity index (χ4n) is 1.92. The third kappa shape index (κ3) is 3.51. The van der Waals surface area contributed by atoms with Crippen LogP contribution in [-0.2, 0) is 12.2 Å². The predicted octanol–water partition coefficient (Wildman–Crippen LogP) is 4.59. The Hall–Kier alpha value is -1.00. The fraction of sp³-hybridized carbons (Fsp3) is 0.400. The Balaban J connectivity index is 2.25. The maximum Gasteiger partial charge on any atom is 0.123 e. The largest absolute Gasteiger partial charge is 0.494 e. The van der Waals surface area contributed by atoms with E-state index in [9.17, 15) is 0 Å². The number of rotatable bonds is 6. The highest BCUT2D eigenvalue weighted by Crippen LogP contribution is 2.30. The molecule has 0 aliphatic rings. The highest BCUT2D eigenvalue weighted by molar-refractivity contribution is 7.79. The summed E-state index contributed by atoms with van der Waals surface area (Å²) in [5.74, 6) is 1.68. The van der Waals surface area contributed by atoms with E-state index in [2.05, 4.69) is 31.7 Å². The van der Waals surface area contributed by atoms with Gasteiger partial charge in [-0.05, 0) is 37.6 Å². The van der Waals surface area contributed by atoms with Crippen molar-refractivity contribution in [2.24, 2.45) is 0 Å². The molecule has 1 aromatic heterocycles. The monoisotopic (exact) mass is 293 g/mol. The Labute approximate surface area is 124 Å². The van der Waals surface area contributed by atoms with Crippen molar-refractivity contribution in [1.82, 2.24) is 4.98 Å². The molecule has 1 heterocycles. The Morgan fingerprint density at radius 2 is 1.95 bits per heavy atom. The van der Waals surface area contributed by atoms with Crippen LogP contribution in [0.25, 0.3) is 10.6 Å². The summed E-state index contributed by atoms with van der Waals surface area (Å²) in [4.78, 5) is 6.03. The Morgan fingerprint density at radius 1 is 1.21 bits per heavy atom. The van der Waals surface area contributed by atoms with Crippen molar-refractivity contribution in [2.45, 2.75) is 32.4 Å². The molecule has 4 heteroatoms. The minimum atomic E-state index is 0.695. The van der Waals surface area contributed by atoms with Crippen LogP contribution in [0.2, 0.25) is 0 Å². The molecule has 0 spiro atoms. The van der Waals surface area contributed by atoms with Gasteiger partial charge in [0.15, 0.2) is 0 Å². The van der Waals surface area contributed by atoms with E-state index in [0.717, 1.165) is 34.9 Å². The van der Waals surface area contributed by atoms with Crippen molar-refractivity contribution in [1.29, 1.82) is 0 Å². The van der Waals surface area contributed by atoms with E-state index in [4.69, 9.17) is 9.72 Å². The summed E-state index contributed by atoms with van der Waals surface area (Å²) in [6, 6.07) is 8.14. The van der Waals surface area contributed by atoms with Gasteiger partial charge < -0.3 is 4.74 Å². The Bertz CT molecular complexity index is 519. The molecule has 0 aliphatic carbocycles. The number of thiol groups is 1. The summed E-state index contributed by atoms with van der Waals surface area (Å²) >= 11 is 6.14. The number of nitrogens with zero attached hydrogens (tertiary/aromatic N) is 1. The van der Waals surface area contributed by atoms with E-state index in [1.54, 1.807) is 11.3 Å². The van der Waals surface area contributed by atoms with Crippen molar-refractivity contribution < 1.29 is 4.74 Å². The molecule has 0 saturated carbocycles. The fourth-order valence-corrected chi connectivity index (χ4v) is 3.27. The van der Waals surface area contributed by atoms with Crippen molar-refractivity contribution in [3.8, 4) is 16.3 Å². The zero-order valence-electron chi connectivity index (χ0n) is 11.3. The van der Waals surface area contributed by atoms with Crippen LogP contribution in [0.3, 0.4) is 0 Å². The summed E-state index contributed by atoms with van der Waals surface area (Å²) in [6.07, 6.45) is 2.15. The molecule has 19 heavy (non-hydrogen) atoms. The number of benzene rings is 1. The van der Waals surface area contributed by atoms with Crippen LogP contribution < -0.4 is 4.74 Å². The summed E-state index contributed by atoms with van der Waals surface area (Å²) in [6.45, 7) is 4.87. The molecule has 0 unspecified atom stereocenters. The van der Waals surface area contributed by atoms with Gasteiger partial charge in [0, 0.05) is 16.2 Å². The Kier molecular flexibility index (Phi) is 5.28. The molecule has 0 bridgehead atoms. The quantitative estimate of drug-likeness (QED) is 0.787. The normalized spacial score (nSPS) is 10.7. The molecular formula is C15H19NOS2. The minimum absolute atomic E-state index is 0.695. The van der Waals surface area contributed by atoms with Gasteiger partial charge in [-0.1, -0.05) is 13.3 Å². The van der Waals surface area contributed by atoms with Crippen LogP contribution in [0, 0.1) is 0 Å². The summed E-state index contributed by atoms with van der Waals surface area (Å²) in [7, 11) is 0. The van der Waals surface area contributed by atoms with E-state index in [1.807, 2.05) is 19.1 Å². The summed E-state index contributed by atoms with van der Waals surface area (Å²) in [5.41, 5.74) is 2.35. The van der Waals surface area contributed by atoms with E-state index in [1.165, 1.54) is 10.6 Å². The van der Waals surface area contributed by atoms with Gasteiger partial charge in [0.1, 0.15) is 10.8 Å². The van der Waals surface area contributed by atoms with Gasteiger partial charge in [0.05, 0.1) is 12.3 Å². The Morgan fingerprint density at radius 3 is 2.53 bits per heavy atom. The molecule has 1 aromatic carbocycles. The number of hydrogen-bond donors (Lipinski definition) is 1. The highest BCUT2D eigenvalue weighted by atomic mass is 32.1. The van der Waals surface area contributed by atoms with Crippen LogP contribution >= 0.6 is 24.0 Å². The van der Waals surface area contributed by atoms with Crippen molar-refractivity contribution in [3.05, 3.63) is 34.8 Å². The second-order valence-corrected chi connectivity index (χ2v) is 5.65. The SMILES string of the molecule is CCCc1nc(-c2ccc(OCC)cc2)sc1CS. The molecule has 0 N–H and O–H groups in total. The van der Waals surface area contributed by atoms with Crippen LogP contribution in [0.4, 0.5) is 0 Å².